The Kier molecular flexibility index (Phi) is 6.60. The first-order chi connectivity index (χ1) is 14.3. The third kappa shape index (κ3) is 4.56. The highest BCUT2D eigenvalue weighted by molar-refractivity contribution is 9.09. The number of carbonyl (C=O) groups excluding carboxylic acids is 1. The second-order valence-corrected chi connectivity index (χ2v) is 6.94. The summed E-state index contributed by atoms with van der Waals surface area (Å²) >= 11 is 3.32. The van der Waals surface area contributed by atoms with Gasteiger partial charge in [-0.05, 0) is 47.9 Å². The molecule has 30 heavy (non-hydrogen) atoms. The fourth-order valence-corrected chi connectivity index (χ4v) is 3.62. The monoisotopic (exact) mass is 484 g/mol. The van der Waals surface area contributed by atoms with E-state index < -0.39 is 29.6 Å². The maximum atomic E-state index is 14.0. The van der Waals surface area contributed by atoms with Crippen LogP contribution in [0.15, 0.2) is 58.7 Å². The maximum Gasteiger partial charge on any atom is 0.416 e. The number of carbonyl (C=O) groups is 1. The van der Waals surface area contributed by atoms with Crippen LogP contribution in [0.4, 0.5) is 17.6 Å². The first kappa shape index (κ1) is 22.0. The molecule has 1 N–H and O–H groups in total. The van der Waals surface area contributed by atoms with Gasteiger partial charge in [-0.2, -0.15) is 13.2 Å². The molecule has 1 aliphatic rings. The maximum absolute atomic E-state index is 14.0. The fourth-order valence-electron chi connectivity index (χ4n) is 3.15. The molecule has 1 heterocycles. The highest BCUT2D eigenvalue weighted by Crippen LogP contribution is 2.38. The van der Waals surface area contributed by atoms with Crippen molar-refractivity contribution < 1.29 is 27.1 Å². The highest BCUT2D eigenvalue weighted by atomic mass is 79.9. The summed E-state index contributed by atoms with van der Waals surface area (Å²) in [7, 11) is 0. The number of ether oxygens (including phenoxy) is 1. The van der Waals surface area contributed by atoms with E-state index in [0.29, 0.717) is 27.7 Å². The van der Waals surface area contributed by atoms with Gasteiger partial charge in [-0.3, -0.25) is 4.99 Å². The van der Waals surface area contributed by atoms with Gasteiger partial charge in [0.25, 0.3) is 0 Å². The topological polar surface area (TPSA) is 50.7 Å². The zero-order valence-electron chi connectivity index (χ0n) is 15.8. The zero-order valence-corrected chi connectivity index (χ0v) is 17.3. The molecule has 9 heteroatoms. The molecule has 1 atom stereocenters. The van der Waals surface area contributed by atoms with Crippen molar-refractivity contribution in [2.45, 2.75) is 19.1 Å². The molecule has 1 aliphatic heterocycles. The Hall–Kier alpha value is -2.68. The Balaban J connectivity index is 2.12. The summed E-state index contributed by atoms with van der Waals surface area (Å²) in [6.45, 7) is 1.83. The van der Waals surface area contributed by atoms with E-state index in [0.717, 1.165) is 12.1 Å². The van der Waals surface area contributed by atoms with Gasteiger partial charge in [0.15, 0.2) is 0 Å². The van der Waals surface area contributed by atoms with Gasteiger partial charge in [-0.15, -0.1) is 0 Å². The number of halogens is 5. The summed E-state index contributed by atoms with van der Waals surface area (Å²) in [6, 6.07) is 7.50. The number of nitrogens with zero attached hydrogens (tertiary/aromatic N) is 1. The molecule has 158 valence electrons. The van der Waals surface area contributed by atoms with Crippen LogP contribution in [0.5, 0.6) is 0 Å². The Morgan fingerprint density at radius 1 is 1.20 bits per heavy atom. The second-order valence-electron chi connectivity index (χ2n) is 6.38. The summed E-state index contributed by atoms with van der Waals surface area (Å²) in [5.41, 5.74) is 1.15. The molecule has 0 amide bonds. The van der Waals surface area contributed by atoms with Crippen LogP contribution in [0, 0.1) is 5.82 Å². The third-order valence-corrected chi connectivity index (χ3v) is 5.08. The largest absolute Gasteiger partial charge is 0.463 e. The lowest BCUT2D eigenvalue weighted by molar-refractivity contribution is -0.139. The molecule has 2 aromatic rings. The Morgan fingerprint density at radius 2 is 1.90 bits per heavy atom. The van der Waals surface area contributed by atoms with Gasteiger partial charge < -0.3 is 10.1 Å². The average Bonchev–Trinajstić information content (AvgIpc) is 2.72. The van der Waals surface area contributed by atoms with Gasteiger partial charge in [0.05, 0.1) is 24.1 Å². The molecule has 3 rings (SSSR count). The van der Waals surface area contributed by atoms with Gasteiger partial charge in [0.2, 0.25) is 0 Å². The quantitative estimate of drug-likeness (QED) is 0.351. The van der Waals surface area contributed by atoms with Gasteiger partial charge in [0.1, 0.15) is 11.9 Å². The summed E-state index contributed by atoms with van der Waals surface area (Å²) in [4.78, 5) is 16.9. The summed E-state index contributed by atoms with van der Waals surface area (Å²) in [5, 5.41) is 3.21. The molecular weight excluding hydrogens is 468 g/mol. The molecule has 0 radical (unpaired) electrons. The summed E-state index contributed by atoms with van der Waals surface area (Å²) < 4.78 is 57.9. The Bertz CT molecular complexity index is 1000. The minimum Gasteiger partial charge on any atom is -0.463 e. The van der Waals surface area contributed by atoms with E-state index in [-0.39, 0.29) is 12.2 Å². The van der Waals surface area contributed by atoms with Crippen molar-refractivity contribution in [3.63, 3.8) is 0 Å². The number of hydrogen-bond acceptors (Lipinski definition) is 4. The lowest BCUT2D eigenvalue weighted by Crippen LogP contribution is -2.28. The lowest BCUT2D eigenvalue weighted by Gasteiger charge is -2.25. The highest BCUT2D eigenvalue weighted by Gasteiger charge is 2.32. The van der Waals surface area contributed by atoms with Gasteiger partial charge in [-0.1, -0.05) is 34.1 Å². The van der Waals surface area contributed by atoms with E-state index in [4.69, 9.17) is 4.74 Å². The fraction of sp³-hybridized carbons (Fsp3) is 0.238. The number of hydrogen-bond donors (Lipinski definition) is 1. The van der Waals surface area contributed by atoms with E-state index in [1.807, 2.05) is 0 Å². The number of benzene rings is 2. The number of allylic oxidation sites excluding steroid dienone is 1. The summed E-state index contributed by atoms with van der Waals surface area (Å²) in [6.07, 6.45) is -3.06. The Labute approximate surface area is 178 Å². The van der Waals surface area contributed by atoms with Crippen LogP contribution in [0.3, 0.4) is 0 Å². The van der Waals surface area contributed by atoms with E-state index in [9.17, 15) is 22.4 Å². The Morgan fingerprint density at radius 3 is 2.50 bits per heavy atom. The van der Waals surface area contributed by atoms with Crippen LogP contribution >= 0.6 is 15.9 Å². The average molecular weight is 485 g/mol. The number of alkyl halides is 4. The van der Waals surface area contributed by atoms with E-state index in [1.54, 1.807) is 6.92 Å². The number of aliphatic imine (C=N–C) groups is 1. The van der Waals surface area contributed by atoms with Crippen molar-refractivity contribution in [2.75, 3.05) is 11.9 Å². The molecule has 0 aromatic heterocycles. The SMILES string of the molecule is CCOC(=O)C1=C(CBr)NC=NC1c1ccc(F)cc1-c1ccc(C(F)(F)F)cc1. The van der Waals surface area contributed by atoms with E-state index in [2.05, 4.69) is 26.2 Å². The van der Waals surface area contributed by atoms with E-state index >= 15 is 0 Å². The van der Waals surface area contributed by atoms with Crippen molar-refractivity contribution in [3.8, 4) is 11.1 Å². The molecule has 0 aliphatic carbocycles. The number of esters is 1. The molecule has 1 unspecified atom stereocenters. The van der Waals surface area contributed by atoms with Gasteiger partial charge in [-0.25, -0.2) is 9.18 Å². The van der Waals surface area contributed by atoms with Gasteiger partial charge >= 0.3 is 12.1 Å². The molecule has 0 saturated carbocycles. The van der Waals surface area contributed by atoms with Crippen LogP contribution in [0.25, 0.3) is 11.1 Å². The first-order valence-corrected chi connectivity index (χ1v) is 10.1. The third-order valence-electron chi connectivity index (χ3n) is 4.52. The predicted octanol–water partition coefficient (Wildman–Crippen LogP) is 5.40. The summed E-state index contributed by atoms with van der Waals surface area (Å²) in [5.74, 6) is -1.14. The zero-order chi connectivity index (χ0) is 21.9. The lowest BCUT2D eigenvalue weighted by atomic mass is 9.89. The standard InChI is InChI=1S/C21H17BrF4N2O2/c1-2-30-20(29)18-17(10-22)27-11-28-19(18)15-8-7-14(23)9-16(15)12-3-5-13(6-4-12)21(24,25)26/h3-9,11,19H,2,10H2,1H3,(H,27,28). The molecule has 0 fully saturated rings. The minimum atomic E-state index is -4.48. The predicted molar refractivity (Wildman–Crippen MR) is 109 cm³/mol. The van der Waals surface area contributed by atoms with Crippen molar-refractivity contribution in [3.05, 3.63) is 70.7 Å². The van der Waals surface area contributed by atoms with Crippen LogP contribution in [-0.4, -0.2) is 24.2 Å². The molecule has 4 nitrogen and oxygen atoms in total. The van der Waals surface area contributed by atoms with E-state index in [1.165, 1.54) is 36.7 Å². The molecule has 0 saturated heterocycles. The van der Waals surface area contributed by atoms with Crippen LogP contribution < -0.4 is 5.32 Å². The van der Waals surface area contributed by atoms with Gasteiger partial charge in [0, 0.05) is 11.0 Å². The minimum absolute atomic E-state index is 0.156. The number of nitrogens with one attached hydrogen (secondary N) is 1. The molecular formula is C21H17BrF4N2O2. The van der Waals surface area contributed by atoms with Crippen LogP contribution in [-0.2, 0) is 15.7 Å². The number of rotatable bonds is 5. The second kappa shape index (κ2) is 8.99. The van der Waals surface area contributed by atoms with Crippen molar-refractivity contribution in [2.24, 2.45) is 4.99 Å². The normalized spacial score (nSPS) is 16.4. The van der Waals surface area contributed by atoms with Crippen molar-refractivity contribution in [1.29, 1.82) is 0 Å². The van der Waals surface area contributed by atoms with Crippen LogP contribution in [0.2, 0.25) is 0 Å². The van der Waals surface area contributed by atoms with Crippen molar-refractivity contribution >= 4 is 28.2 Å². The van der Waals surface area contributed by atoms with Crippen LogP contribution in [0.1, 0.15) is 24.1 Å². The molecule has 2 aromatic carbocycles. The molecule has 0 bridgehead atoms. The van der Waals surface area contributed by atoms with Crippen molar-refractivity contribution in [1.82, 2.24) is 5.32 Å². The first-order valence-electron chi connectivity index (χ1n) is 8.97. The smallest absolute Gasteiger partial charge is 0.416 e. The molecule has 0 spiro atoms.